The number of hydrogen-bond acceptors (Lipinski definition) is 2. The van der Waals surface area contributed by atoms with Gasteiger partial charge in [-0.15, -0.1) is 0 Å². The molecule has 0 aliphatic heterocycles. The molecule has 1 nitrogen and oxygen atoms in total. The highest BCUT2D eigenvalue weighted by atomic mass is 32.2. The van der Waals surface area contributed by atoms with Crippen molar-refractivity contribution in [2.75, 3.05) is 12.8 Å². The van der Waals surface area contributed by atoms with Gasteiger partial charge in [0.2, 0.25) is 0 Å². The van der Waals surface area contributed by atoms with Crippen LogP contribution < -0.4 is 5.32 Å². The van der Waals surface area contributed by atoms with Crippen LogP contribution in [0.3, 0.4) is 0 Å². The van der Waals surface area contributed by atoms with Crippen LogP contribution in [0.1, 0.15) is 25.0 Å². The van der Waals surface area contributed by atoms with Crippen molar-refractivity contribution in [2.24, 2.45) is 5.92 Å². The molecule has 0 radical (unpaired) electrons. The second-order valence-corrected chi connectivity index (χ2v) is 5.67. The van der Waals surface area contributed by atoms with Gasteiger partial charge in [0.05, 0.1) is 0 Å². The first-order chi connectivity index (χ1) is 7.63. The molecule has 0 aromatic heterocycles. The van der Waals surface area contributed by atoms with E-state index in [1.807, 2.05) is 11.8 Å². The molecule has 1 atom stereocenters. The Morgan fingerprint density at radius 2 is 2.06 bits per heavy atom. The Bertz CT molecular complexity index is 309. The van der Waals surface area contributed by atoms with E-state index in [-0.39, 0.29) is 0 Å². The van der Waals surface area contributed by atoms with E-state index in [1.165, 1.54) is 16.9 Å². The van der Waals surface area contributed by atoms with Gasteiger partial charge < -0.3 is 5.32 Å². The highest BCUT2D eigenvalue weighted by molar-refractivity contribution is 7.98. The number of aryl methyl sites for hydroxylation is 1. The SMILES string of the molecule is CNC(CSCc1cccc(C)c1)C(C)C. The van der Waals surface area contributed by atoms with Crippen LogP contribution in [0.5, 0.6) is 0 Å². The van der Waals surface area contributed by atoms with Gasteiger partial charge in [0, 0.05) is 17.5 Å². The van der Waals surface area contributed by atoms with E-state index >= 15 is 0 Å². The third kappa shape index (κ3) is 4.58. The average molecular weight is 237 g/mol. The van der Waals surface area contributed by atoms with Crippen LogP contribution in [0.4, 0.5) is 0 Å². The van der Waals surface area contributed by atoms with E-state index in [4.69, 9.17) is 0 Å². The molecular weight excluding hydrogens is 214 g/mol. The first-order valence-electron chi connectivity index (χ1n) is 5.94. The normalized spacial score (nSPS) is 13.1. The van der Waals surface area contributed by atoms with Crippen LogP contribution >= 0.6 is 11.8 Å². The lowest BCUT2D eigenvalue weighted by Gasteiger charge is -2.19. The Morgan fingerprint density at radius 1 is 1.31 bits per heavy atom. The summed E-state index contributed by atoms with van der Waals surface area (Å²) in [6.07, 6.45) is 0. The molecule has 0 aliphatic carbocycles. The van der Waals surface area contributed by atoms with E-state index < -0.39 is 0 Å². The van der Waals surface area contributed by atoms with Crippen molar-refractivity contribution < 1.29 is 0 Å². The van der Waals surface area contributed by atoms with Crippen molar-refractivity contribution in [2.45, 2.75) is 32.6 Å². The van der Waals surface area contributed by atoms with Gasteiger partial charge in [0.1, 0.15) is 0 Å². The molecule has 0 bridgehead atoms. The highest BCUT2D eigenvalue weighted by Crippen LogP contribution is 2.16. The second-order valence-electron chi connectivity index (χ2n) is 4.64. The average Bonchev–Trinajstić information content (AvgIpc) is 2.24. The van der Waals surface area contributed by atoms with Gasteiger partial charge in [-0.05, 0) is 25.5 Å². The quantitative estimate of drug-likeness (QED) is 0.813. The number of rotatable bonds is 6. The first-order valence-corrected chi connectivity index (χ1v) is 7.09. The van der Waals surface area contributed by atoms with Crippen molar-refractivity contribution in [3.63, 3.8) is 0 Å². The molecule has 0 saturated heterocycles. The van der Waals surface area contributed by atoms with Crippen molar-refractivity contribution in [1.29, 1.82) is 0 Å². The van der Waals surface area contributed by atoms with Crippen molar-refractivity contribution in [1.82, 2.24) is 5.32 Å². The minimum atomic E-state index is 0.620. The molecule has 1 rings (SSSR count). The molecule has 0 saturated carbocycles. The fourth-order valence-electron chi connectivity index (χ4n) is 1.71. The summed E-state index contributed by atoms with van der Waals surface area (Å²) < 4.78 is 0. The van der Waals surface area contributed by atoms with Crippen LogP contribution in [0.25, 0.3) is 0 Å². The predicted molar refractivity (Wildman–Crippen MR) is 75.0 cm³/mol. The lowest BCUT2D eigenvalue weighted by atomic mass is 10.1. The lowest BCUT2D eigenvalue weighted by molar-refractivity contribution is 0.465. The monoisotopic (exact) mass is 237 g/mol. The van der Waals surface area contributed by atoms with Crippen molar-refractivity contribution >= 4 is 11.8 Å². The topological polar surface area (TPSA) is 12.0 Å². The molecular formula is C14H23NS. The molecule has 1 aromatic rings. The Kier molecular flexibility index (Phi) is 5.93. The van der Waals surface area contributed by atoms with Gasteiger partial charge in [-0.1, -0.05) is 43.7 Å². The zero-order valence-electron chi connectivity index (χ0n) is 10.8. The van der Waals surface area contributed by atoms with E-state index in [0.717, 1.165) is 5.75 Å². The van der Waals surface area contributed by atoms with Crippen LogP contribution in [-0.2, 0) is 5.75 Å². The minimum Gasteiger partial charge on any atom is -0.316 e. The maximum absolute atomic E-state index is 3.38. The van der Waals surface area contributed by atoms with Gasteiger partial charge in [-0.25, -0.2) is 0 Å². The maximum atomic E-state index is 3.38. The van der Waals surface area contributed by atoms with Gasteiger partial charge in [0.25, 0.3) is 0 Å². The summed E-state index contributed by atoms with van der Waals surface area (Å²) in [6, 6.07) is 9.40. The summed E-state index contributed by atoms with van der Waals surface area (Å²) in [4.78, 5) is 0. The molecule has 0 spiro atoms. The summed E-state index contributed by atoms with van der Waals surface area (Å²) in [5, 5.41) is 3.38. The maximum Gasteiger partial charge on any atom is 0.0185 e. The van der Waals surface area contributed by atoms with Gasteiger partial charge in [-0.2, -0.15) is 11.8 Å². The zero-order chi connectivity index (χ0) is 12.0. The number of benzene rings is 1. The van der Waals surface area contributed by atoms with E-state index in [0.29, 0.717) is 12.0 Å². The summed E-state index contributed by atoms with van der Waals surface area (Å²) in [7, 11) is 2.05. The molecule has 1 aromatic carbocycles. The van der Waals surface area contributed by atoms with E-state index in [9.17, 15) is 0 Å². The Balaban J connectivity index is 2.35. The smallest absolute Gasteiger partial charge is 0.0185 e. The zero-order valence-corrected chi connectivity index (χ0v) is 11.6. The third-order valence-electron chi connectivity index (χ3n) is 2.82. The molecule has 16 heavy (non-hydrogen) atoms. The second kappa shape index (κ2) is 6.97. The van der Waals surface area contributed by atoms with Gasteiger partial charge in [-0.3, -0.25) is 0 Å². The predicted octanol–water partition coefficient (Wildman–Crippen LogP) is 3.47. The Labute approximate surface area is 104 Å². The molecule has 1 N–H and O–H groups in total. The van der Waals surface area contributed by atoms with Gasteiger partial charge >= 0.3 is 0 Å². The summed E-state index contributed by atoms with van der Waals surface area (Å²) in [5.41, 5.74) is 2.79. The minimum absolute atomic E-state index is 0.620. The van der Waals surface area contributed by atoms with E-state index in [1.54, 1.807) is 0 Å². The molecule has 2 heteroatoms. The first kappa shape index (κ1) is 13.6. The number of nitrogens with one attached hydrogen (secondary N) is 1. The summed E-state index contributed by atoms with van der Waals surface area (Å²) >= 11 is 2.01. The Morgan fingerprint density at radius 3 is 2.62 bits per heavy atom. The molecule has 0 aliphatic rings. The largest absolute Gasteiger partial charge is 0.316 e. The van der Waals surface area contributed by atoms with Crippen molar-refractivity contribution in [3.8, 4) is 0 Å². The molecule has 1 unspecified atom stereocenters. The molecule has 0 amide bonds. The Hall–Kier alpha value is -0.470. The van der Waals surface area contributed by atoms with Crippen LogP contribution in [-0.4, -0.2) is 18.8 Å². The summed E-state index contributed by atoms with van der Waals surface area (Å²) in [6.45, 7) is 6.70. The molecule has 0 heterocycles. The molecule has 0 fully saturated rings. The summed E-state index contributed by atoms with van der Waals surface area (Å²) in [5.74, 6) is 3.00. The standard InChI is InChI=1S/C14H23NS/c1-11(2)14(15-4)10-16-9-13-7-5-6-12(3)8-13/h5-8,11,14-15H,9-10H2,1-4H3. The van der Waals surface area contributed by atoms with Gasteiger partial charge in [0.15, 0.2) is 0 Å². The van der Waals surface area contributed by atoms with Crippen molar-refractivity contribution in [3.05, 3.63) is 35.4 Å². The fraction of sp³-hybridized carbons (Fsp3) is 0.571. The molecule has 90 valence electrons. The van der Waals surface area contributed by atoms with E-state index in [2.05, 4.69) is 57.4 Å². The number of thioether (sulfide) groups is 1. The highest BCUT2D eigenvalue weighted by Gasteiger charge is 2.10. The lowest BCUT2D eigenvalue weighted by Crippen LogP contribution is -2.32. The van der Waals surface area contributed by atoms with Crippen LogP contribution in [0.15, 0.2) is 24.3 Å². The van der Waals surface area contributed by atoms with Crippen LogP contribution in [0, 0.1) is 12.8 Å². The number of hydrogen-bond donors (Lipinski definition) is 1. The van der Waals surface area contributed by atoms with Crippen LogP contribution in [0.2, 0.25) is 0 Å². The third-order valence-corrected chi connectivity index (χ3v) is 3.96. The fourth-order valence-corrected chi connectivity index (χ4v) is 3.05.